The third-order valence-electron chi connectivity index (χ3n) is 4.79. The molecule has 0 aliphatic heterocycles. The first-order valence-corrected chi connectivity index (χ1v) is 8.09. The number of benzene rings is 5. The zero-order chi connectivity index (χ0) is 16.1. The van der Waals surface area contributed by atoms with Crippen LogP contribution in [0.3, 0.4) is 0 Å². The summed E-state index contributed by atoms with van der Waals surface area (Å²) in [6.07, 6.45) is 0. The van der Waals surface area contributed by atoms with Crippen LogP contribution < -0.4 is 0 Å². The fourth-order valence-corrected chi connectivity index (χ4v) is 3.69. The average Bonchev–Trinajstić information content (AvgIpc) is 2.66. The average molecular weight is 306 g/mol. The van der Waals surface area contributed by atoms with Crippen molar-refractivity contribution in [3.05, 3.63) is 96.1 Å². The van der Waals surface area contributed by atoms with E-state index in [2.05, 4.69) is 42.5 Å². The van der Waals surface area contributed by atoms with Crippen molar-refractivity contribution in [3.8, 4) is 0 Å². The van der Waals surface area contributed by atoms with Crippen molar-refractivity contribution in [2.75, 3.05) is 0 Å². The molecule has 0 N–H and O–H groups in total. The lowest BCUT2D eigenvalue weighted by atomic mass is 9.89. The van der Waals surface area contributed by atoms with Gasteiger partial charge < -0.3 is 0 Å². The van der Waals surface area contributed by atoms with Gasteiger partial charge in [0, 0.05) is 11.1 Å². The number of ketones is 1. The number of rotatable bonds is 2. The van der Waals surface area contributed by atoms with Crippen molar-refractivity contribution in [3.63, 3.8) is 0 Å². The Morgan fingerprint density at radius 2 is 1.25 bits per heavy atom. The van der Waals surface area contributed by atoms with Crippen molar-refractivity contribution in [1.29, 1.82) is 0 Å². The smallest absolute Gasteiger partial charge is 0.193 e. The van der Waals surface area contributed by atoms with Crippen molar-refractivity contribution in [2.45, 2.75) is 0 Å². The Labute approximate surface area is 139 Å². The maximum atomic E-state index is 13.1. The highest BCUT2D eigenvalue weighted by molar-refractivity contribution is 6.29. The van der Waals surface area contributed by atoms with E-state index in [1.807, 2.05) is 42.5 Å². The highest BCUT2D eigenvalue weighted by Crippen LogP contribution is 2.37. The molecular weight excluding hydrogens is 292 g/mol. The van der Waals surface area contributed by atoms with Gasteiger partial charge in [-0.05, 0) is 38.4 Å². The van der Waals surface area contributed by atoms with Gasteiger partial charge in [0.05, 0.1) is 0 Å². The summed E-state index contributed by atoms with van der Waals surface area (Å²) in [4.78, 5) is 13.1. The van der Waals surface area contributed by atoms with Gasteiger partial charge in [-0.25, -0.2) is 0 Å². The van der Waals surface area contributed by atoms with Gasteiger partial charge in [-0.3, -0.25) is 4.79 Å². The van der Waals surface area contributed by atoms with E-state index in [1.54, 1.807) is 0 Å². The molecule has 0 spiro atoms. The largest absolute Gasteiger partial charge is 0.289 e. The molecule has 0 bridgehead atoms. The van der Waals surface area contributed by atoms with Gasteiger partial charge in [0.1, 0.15) is 0 Å². The van der Waals surface area contributed by atoms with Crippen molar-refractivity contribution < 1.29 is 4.79 Å². The summed E-state index contributed by atoms with van der Waals surface area (Å²) in [6.45, 7) is 0. The maximum absolute atomic E-state index is 13.1. The summed E-state index contributed by atoms with van der Waals surface area (Å²) < 4.78 is 0. The van der Waals surface area contributed by atoms with Gasteiger partial charge in [0.2, 0.25) is 0 Å². The molecule has 24 heavy (non-hydrogen) atoms. The molecule has 0 radical (unpaired) electrons. The molecule has 0 saturated heterocycles. The zero-order valence-electron chi connectivity index (χ0n) is 13.0. The molecule has 0 atom stereocenters. The minimum atomic E-state index is 0.0783. The van der Waals surface area contributed by atoms with E-state index in [-0.39, 0.29) is 5.78 Å². The van der Waals surface area contributed by atoms with Gasteiger partial charge in [-0.15, -0.1) is 0 Å². The summed E-state index contributed by atoms with van der Waals surface area (Å²) in [5, 5.41) is 6.98. The van der Waals surface area contributed by atoms with Crippen LogP contribution in [0.15, 0.2) is 84.9 Å². The molecule has 0 aromatic heterocycles. The van der Waals surface area contributed by atoms with E-state index < -0.39 is 0 Å². The maximum Gasteiger partial charge on any atom is 0.193 e. The Kier molecular flexibility index (Phi) is 2.71. The fourth-order valence-electron chi connectivity index (χ4n) is 3.69. The van der Waals surface area contributed by atoms with Gasteiger partial charge in [0.25, 0.3) is 0 Å². The standard InChI is InChI=1S/C23H14O/c24-23(17-6-2-1-3-7-17)20-14-18-10-4-8-15-12-13-16-9-5-11-19(20)22(16)21(15)18/h1-14H. The van der Waals surface area contributed by atoms with Crippen molar-refractivity contribution in [1.82, 2.24) is 0 Å². The Morgan fingerprint density at radius 3 is 2.04 bits per heavy atom. The third kappa shape index (κ3) is 1.79. The summed E-state index contributed by atoms with van der Waals surface area (Å²) in [7, 11) is 0. The van der Waals surface area contributed by atoms with Gasteiger partial charge >= 0.3 is 0 Å². The molecule has 112 valence electrons. The molecule has 0 heterocycles. The molecule has 1 heteroatoms. The molecule has 5 rings (SSSR count). The summed E-state index contributed by atoms with van der Waals surface area (Å²) in [5.74, 6) is 0.0783. The fraction of sp³-hybridized carbons (Fsp3) is 0. The minimum absolute atomic E-state index is 0.0783. The Balaban J connectivity index is 1.94. The summed E-state index contributed by atoms with van der Waals surface area (Å²) in [6, 6.07) is 28.3. The second-order valence-electron chi connectivity index (χ2n) is 6.17. The lowest BCUT2D eigenvalue weighted by Crippen LogP contribution is -2.02. The van der Waals surface area contributed by atoms with Crippen LogP contribution in [0.5, 0.6) is 0 Å². The minimum Gasteiger partial charge on any atom is -0.289 e. The second-order valence-corrected chi connectivity index (χ2v) is 6.17. The molecule has 0 aliphatic rings. The van der Waals surface area contributed by atoms with Crippen LogP contribution in [-0.4, -0.2) is 5.78 Å². The molecule has 5 aromatic carbocycles. The lowest BCUT2D eigenvalue weighted by Gasteiger charge is -2.14. The number of hydrogen-bond acceptors (Lipinski definition) is 1. The van der Waals surface area contributed by atoms with E-state index in [0.29, 0.717) is 0 Å². The monoisotopic (exact) mass is 306 g/mol. The van der Waals surface area contributed by atoms with Crippen molar-refractivity contribution in [2.24, 2.45) is 0 Å². The lowest BCUT2D eigenvalue weighted by molar-refractivity contribution is 0.104. The molecule has 0 saturated carbocycles. The van der Waals surface area contributed by atoms with Crippen LogP contribution in [0, 0.1) is 0 Å². The van der Waals surface area contributed by atoms with Gasteiger partial charge in [-0.1, -0.05) is 78.9 Å². The van der Waals surface area contributed by atoms with Crippen LogP contribution in [0.1, 0.15) is 15.9 Å². The molecule has 0 aliphatic carbocycles. The van der Waals surface area contributed by atoms with E-state index in [1.165, 1.54) is 21.5 Å². The number of carbonyl (C=O) groups is 1. The summed E-state index contributed by atoms with van der Waals surface area (Å²) >= 11 is 0. The quantitative estimate of drug-likeness (QED) is 0.297. The highest BCUT2D eigenvalue weighted by atomic mass is 16.1. The molecule has 5 aromatic rings. The van der Waals surface area contributed by atoms with Crippen LogP contribution in [-0.2, 0) is 0 Å². The van der Waals surface area contributed by atoms with E-state index in [0.717, 1.165) is 21.9 Å². The highest BCUT2D eigenvalue weighted by Gasteiger charge is 2.16. The molecular formula is C23H14O. The molecule has 0 amide bonds. The predicted octanol–water partition coefficient (Wildman–Crippen LogP) is 5.82. The number of carbonyl (C=O) groups excluding carboxylic acids is 1. The van der Waals surface area contributed by atoms with Crippen molar-refractivity contribution >= 4 is 38.1 Å². The van der Waals surface area contributed by atoms with Crippen LogP contribution in [0.4, 0.5) is 0 Å². The Bertz CT molecular complexity index is 1200. The van der Waals surface area contributed by atoms with Crippen LogP contribution in [0.2, 0.25) is 0 Å². The first-order chi connectivity index (χ1) is 11.8. The van der Waals surface area contributed by atoms with Gasteiger partial charge in [0.15, 0.2) is 5.78 Å². The molecule has 0 unspecified atom stereocenters. The van der Waals surface area contributed by atoms with E-state index in [9.17, 15) is 4.79 Å². The van der Waals surface area contributed by atoms with Crippen LogP contribution in [0.25, 0.3) is 32.3 Å². The normalized spacial score (nSPS) is 11.5. The first-order valence-electron chi connectivity index (χ1n) is 8.09. The predicted molar refractivity (Wildman–Crippen MR) is 100 cm³/mol. The van der Waals surface area contributed by atoms with Crippen LogP contribution >= 0.6 is 0 Å². The zero-order valence-corrected chi connectivity index (χ0v) is 13.0. The van der Waals surface area contributed by atoms with E-state index >= 15 is 0 Å². The Hall–Kier alpha value is -3.19. The SMILES string of the molecule is O=C(c1ccccc1)c1cc2cccc3ccc4cccc1c4c32. The van der Waals surface area contributed by atoms with Gasteiger partial charge in [-0.2, -0.15) is 0 Å². The summed E-state index contributed by atoms with van der Waals surface area (Å²) in [5.41, 5.74) is 1.50. The first kappa shape index (κ1) is 13.3. The number of hydrogen-bond donors (Lipinski definition) is 0. The Morgan fingerprint density at radius 1 is 0.583 bits per heavy atom. The molecule has 1 nitrogen and oxygen atoms in total. The second kappa shape index (κ2) is 4.90. The molecule has 0 fully saturated rings. The van der Waals surface area contributed by atoms with E-state index in [4.69, 9.17) is 0 Å². The topological polar surface area (TPSA) is 17.1 Å². The third-order valence-corrected chi connectivity index (χ3v) is 4.79.